The van der Waals surface area contributed by atoms with E-state index < -0.39 is 6.04 Å². The quantitative estimate of drug-likeness (QED) is 0.743. The Morgan fingerprint density at radius 3 is 2.79 bits per heavy atom. The number of halogens is 2. The highest BCUT2D eigenvalue weighted by molar-refractivity contribution is 7.98. The minimum absolute atomic E-state index is 0. The number of thioether (sulfide) groups is 1. The summed E-state index contributed by atoms with van der Waals surface area (Å²) in [6, 6.07) is 5.45. The number of aromatic nitrogens is 1. The molecular weight excluding hydrogens is 353 g/mol. The van der Waals surface area contributed by atoms with Crippen molar-refractivity contribution in [1.82, 2.24) is 10.3 Å². The highest BCUT2D eigenvalue weighted by atomic mass is 35.5. The normalized spacial score (nSPS) is 11.6. The number of carbonyl (C=O) groups excluding carboxylic acids is 1. The monoisotopic (exact) mass is 373 g/mol. The Bertz CT molecular complexity index is 637. The van der Waals surface area contributed by atoms with Crippen LogP contribution >= 0.6 is 24.2 Å². The first-order valence-electron chi connectivity index (χ1n) is 7.32. The van der Waals surface area contributed by atoms with E-state index in [0.717, 1.165) is 11.4 Å². The minimum atomic E-state index is -0.477. The molecule has 132 valence electrons. The second-order valence-electron chi connectivity index (χ2n) is 5.08. The van der Waals surface area contributed by atoms with Crippen molar-refractivity contribution in [1.29, 1.82) is 0 Å². The van der Waals surface area contributed by atoms with E-state index in [2.05, 4.69) is 10.3 Å². The van der Waals surface area contributed by atoms with Gasteiger partial charge in [0.2, 0.25) is 11.8 Å². The first-order valence-corrected chi connectivity index (χ1v) is 8.72. The Morgan fingerprint density at radius 2 is 2.12 bits per heavy atom. The van der Waals surface area contributed by atoms with Gasteiger partial charge >= 0.3 is 0 Å². The zero-order chi connectivity index (χ0) is 16.7. The van der Waals surface area contributed by atoms with Gasteiger partial charge in [0.25, 0.3) is 0 Å². The van der Waals surface area contributed by atoms with E-state index in [9.17, 15) is 9.18 Å². The van der Waals surface area contributed by atoms with Crippen LogP contribution in [0.5, 0.6) is 0 Å². The minimum Gasteiger partial charge on any atom is -0.444 e. The van der Waals surface area contributed by atoms with Crippen LogP contribution in [-0.4, -0.2) is 35.5 Å². The van der Waals surface area contributed by atoms with Crippen molar-refractivity contribution < 1.29 is 13.6 Å². The van der Waals surface area contributed by atoms with Crippen molar-refractivity contribution in [2.45, 2.75) is 18.9 Å². The molecule has 0 radical (unpaired) electrons. The fourth-order valence-electron chi connectivity index (χ4n) is 1.97. The maximum atomic E-state index is 12.9. The van der Waals surface area contributed by atoms with Crippen LogP contribution in [0.2, 0.25) is 0 Å². The van der Waals surface area contributed by atoms with E-state index in [1.54, 1.807) is 30.2 Å². The van der Waals surface area contributed by atoms with Crippen LogP contribution in [0.15, 0.2) is 34.9 Å². The molecule has 2 aromatic rings. The van der Waals surface area contributed by atoms with E-state index in [4.69, 9.17) is 10.2 Å². The van der Waals surface area contributed by atoms with Gasteiger partial charge in [0, 0.05) is 18.5 Å². The Hall–Kier alpha value is -1.57. The molecule has 0 aliphatic rings. The van der Waals surface area contributed by atoms with E-state index >= 15 is 0 Å². The Labute approximate surface area is 151 Å². The summed E-state index contributed by atoms with van der Waals surface area (Å²) in [7, 11) is 0. The second kappa shape index (κ2) is 10.3. The molecule has 0 spiro atoms. The first-order chi connectivity index (χ1) is 11.1. The van der Waals surface area contributed by atoms with Gasteiger partial charge in [-0.1, -0.05) is 0 Å². The Morgan fingerprint density at radius 1 is 1.42 bits per heavy atom. The molecule has 0 unspecified atom stereocenters. The van der Waals surface area contributed by atoms with Crippen LogP contribution in [0.1, 0.15) is 12.1 Å². The van der Waals surface area contributed by atoms with Gasteiger partial charge in [-0.2, -0.15) is 11.8 Å². The standard InChI is InChI=1S/C16H20FN3O2S.ClH/c1-23-9-7-14(18)15(21)19-8-6-13-10-22-16(20-13)11-2-4-12(17)5-3-11;/h2-5,10,14H,6-9,18H2,1H3,(H,19,21);1H/t14-;/m0./s1. The molecule has 2 rings (SSSR count). The van der Waals surface area contributed by atoms with E-state index in [-0.39, 0.29) is 24.1 Å². The number of hydrogen-bond donors (Lipinski definition) is 2. The molecule has 0 fully saturated rings. The maximum absolute atomic E-state index is 12.9. The molecule has 1 heterocycles. The van der Waals surface area contributed by atoms with Crippen LogP contribution in [0.4, 0.5) is 4.39 Å². The molecule has 1 amide bonds. The molecule has 24 heavy (non-hydrogen) atoms. The highest BCUT2D eigenvalue weighted by Crippen LogP contribution is 2.18. The summed E-state index contributed by atoms with van der Waals surface area (Å²) >= 11 is 1.66. The van der Waals surface area contributed by atoms with Gasteiger partial charge in [0.05, 0.1) is 11.7 Å². The Kier molecular flexibility index (Phi) is 8.81. The average molecular weight is 374 g/mol. The molecule has 8 heteroatoms. The second-order valence-corrected chi connectivity index (χ2v) is 6.07. The average Bonchev–Trinajstić information content (AvgIpc) is 3.02. The molecule has 0 aliphatic heterocycles. The lowest BCUT2D eigenvalue weighted by Gasteiger charge is -2.10. The largest absolute Gasteiger partial charge is 0.444 e. The number of carbonyl (C=O) groups is 1. The number of amides is 1. The third-order valence-electron chi connectivity index (χ3n) is 3.29. The van der Waals surface area contributed by atoms with Crippen molar-refractivity contribution in [2.24, 2.45) is 5.73 Å². The summed E-state index contributed by atoms with van der Waals surface area (Å²) < 4.78 is 18.3. The third-order valence-corrected chi connectivity index (χ3v) is 3.94. The summed E-state index contributed by atoms with van der Waals surface area (Å²) in [4.78, 5) is 16.1. The number of benzene rings is 1. The number of nitrogens with zero attached hydrogens (tertiary/aromatic N) is 1. The number of nitrogens with one attached hydrogen (secondary N) is 1. The van der Waals surface area contributed by atoms with E-state index in [1.165, 1.54) is 12.1 Å². The SMILES string of the molecule is CSCC[C@H](N)C(=O)NCCc1coc(-c2ccc(F)cc2)n1.Cl. The molecule has 0 saturated carbocycles. The number of rotatable bonds is 8. The van der Waals surface area contributed by atoms with Crippen LogP contribution in [0.3, 0.4) is 0 Å². The van der Waals surface area contributed by atoms with Crippen molar-refractivity contribution in [3.63, 3.8) is 0 Å². The van der Waals surface area contributed by atoms with Crippen molar-refractivity contribution >= 4 is 30.1 Å². The van der Waals surface area contributed by atoms with Gasteiger partial charge in [0.15, 0.2) is 0 Å². The van der Waals surface area contributed by atoms with Crippen LogP contribution in [-0.2, 0) is 11.2 Å². The fourth-order valence-corrected chi connectivity index (χ4v) is 2.46. The van der Waals surface area contributed by atoms with E-state index in [1.807, 2.05) is 6.26 Å². The number of hydrogen-bond acceptors (Lipinski definition) is 5. The fraction of sp³-hybridized carbons (Fsp3) is 0.375. The molecule has 3 N–H and O–H groups in total. The predicted octanol–water partition coefficient (Wildman–Crippen LogP) is 2.64. The topological polar surface area (TPSA) is 81.2 Å². The summed E-state index contributed by atoms with van der Waals surface area (Å²) in [6.45, 7) is 0.446. The Balaban J connectivity index is 0.00000288. The number of nitrogens with two attached hydrogens (primary N) is 1. The van der Waals surface area contributed by atoms with Crippen molar-refractivity contribution in [3.8, 4) is 11.5 Å². The smallest absolute Gasteiger partial charge is 0.236 e. The van der Waals surface area contributed by atoms with E-state index in [0.29, 0.717) is 30.8 Å². The first kappa shape index (κ1) is 20.5. The van der Waals surface area contributed by atoms with Crippen LogP contribution in [0.25, 0.3) is 11.5 Å². The lowest BCUT2D eigenvalue weighted by atomic mass is 10.2. The summed E-state index contributed by atoms with van der Waals surface area (Å²) in [5.41, 5.74) is 7.22. The molecule has 1 aromatic heterocycles. The zero-order valence-corrected chi connectivity index (χ0v) is 15.0. The molecule has 1 aromatic carbocycles. The van der Waals surface area contributed by atoms with Gasteiger partial charge in [0.1, 0.15) is 12.1 Å². The van der Waals surface area contributed by atoms with Gasteiger partial charge in [-0.3, -0.25) is 4.79 Å². The summed E-state index contributed by atoms with van der Waals surface area (Å²) in [5.74, 6) is 0.837. The lowest BCUT2D eigenvalue weighted by Crippen LogP contribution is -2.41. The molecule has 0 aliphatic carbocycles. The molecule has 5 nitrogen and oxygen atoms in total. The van der Waals surface area contributed by atoms with Gasteiger partial charge < -0.3 is 15.5 Å². The highest BCUT2D eigenvalue weighted by Gasteiger charge is 2.12. The number of oxazole rings is 1. The zero-order valence-electron chi connectivity index (χ0n) is 13.3. The summed E-state index contributed by atoms with van der Waals surface area (Å²) in [5, 5.41) is 2.79. The third kappa shape index (κ3) is 6.14. The van der Waals surface area contributed by atoms with Gasteiger partial charge in [-0.05, 0) is 42.7 Å². The van der Waals surface area contributed by atoms with Crippen LogP contribution in [0, 0.1) is 5.82 Å². The molecule has 1 atom stereocenters. The summed E-state index contributed by atoms with van der Waals surface area (Å²) in [6.07, 6.45) is 4.73. The maximum Gasteiger partial charge on any atom is 0.236 e. The predicted molar refractivity (Wildman–Crippen MR) is 96.8 cm³/mol. The lowest BCUT2D eigenvalue weighted by molar-refractivity contribution is -0.122. The van der Waals surface area contributed by atoms with Gasteiger partial charge in [-0.15, -0.1) is 12.4 Å². The van der Waals surface area contributed by atoms with Crippen LogP contribution < -0.4 is 11.1 Å². The molecular formula is C16H21ClFN3O2S. The van der Waals surface area contributed by atoms with Crippen molar-refractivity contribution in [2.75, 3.05) is 18.6 Å². The van der Waals surface area contributed by atoms with Crippen molar-refractivity contribution in [3.05, 3.63) is 42.0 Å². The molecule has 0 saturated heterocycles. The molecule has 0 bridgehead atoms. The van der Waals surface area contributed by atoms with Gasteiger partial charge in [-0.25, -0.2) is 9.37 Å².